The molecule has 4 heteroatoms. The van der Waals surface area contributed by atoms with Crippen LogP contribution in [-0.4, -0.2) is 6.04 Å². The summed E-state index contributed by atoms with van der Waals surface area (Å²) in [6.45, 7) is 2.01. The van der Waals surface area contributed by atoms with Gasteiger partial charge in [-0.3, -0.25) is 0 Å². The van der Waals surface area contributed by atoms with Gasteiger partial charge in [0.25, 0.3) is 0 Å². The molecule has 1 unspecified atom stereocenters. The number of hydrogen-bond acceptors (Lipinski definition) is 1. The summed E-state index contributed by atoms with van der Waals surface area (Å²) in [4.78, 5) is 0. The summed E-state index contributed by atoms with van der Waals surface area (Å²) in [7, 11) is 0. The van der Waals surface area contributed by atoms with E-state index in [4.69, 9.17) is 6.42 Å². The SMILES string of the molecule is C#CCC(C)NCc1ccccc1C(F)(F)F. The van der Waals surface area contributed by atoms with E-state index in [1.165, 1.54) is 12.1 Å². The molecule has 1 rings (SSSR count). The zero-order valence-electron chi connectivity index (χ0n) is 9.51. The van der Waals surface area contributed by atoms with Crippen LogP contribution >= 0.6 is 0 Å². The van der Waals surface area contributed by atoms with Crippen molar-refractivity contribution in [2.75, 3.05) is 0 Å². The largest absolute Gasteiger partial charge is 0.416 e. The first-order chi connectivity index (χ1) is 7.95. The lowest BCUT2D eigenvalue weighted by Gasteiger charge is -2.15. The monoisotopic (exact) mass is 241 g/mol. The third-order valence-electron chi connectivity index (χ3n) is 2.39. The quantitative estimate of drug-likeness (QED) is 0.798. The molecule has 1 aromatic carbocycles. The minimum atomic E-state index is -4.31. The van der Waals surface area contributed by atoms with E-state index in [-0.39, 0.29) is 18.2 Å². The van der Waals surface area contributed by atoms with E-state index >= 15 is 0 Å². The Kier molecular flexibility index (Phi) is 4.59. The molecular weight excluding hydrogens is 227 g/mol. The second-order valence-electron chi connectivity index (χ2n) is 3.85. The molecule has 0 aliphatic rings. The van der Waals surface area contributed by atoms with E-state index in [0.717, 1.165) is 6.07 Å². The highest BCUT2D eigenvalue weighted by Gasteiger charge is 2.32. The summed E-state index contributed by atoms with van der Waals surface area (Å²) >= 11 is 0. The summed E-state index contributed by atoms with van der Waals surface area (Å²) in [5.74, 6) is 2.46. The number of benzene rings is 1. The second-order valence-corrected chi connectivity index (χ2v) is 3.85. The third kappa shape index (κ3) is 4.12. The van der Waals surface area contributed by atoms with Gasteiger partial charge in [0.15, 0.2) is 0 Å². The van der Waals surface area contributed by atoms with Crippen molar-refractivity contribution < 1.29 is 13.2 Å². The summed E-state index contributed by atoms with van der Waals surface area (Å²) in [6, 6.07) is 5.54. The van der Waals surface area contributed by atoms with Gasteiger partial charge in [-0.1, -0.05) is 18.2 Å². The van der Waals surface area contributed by atoms with Crippen LogP contribution < -0.4 is 5.32 Å². The van der Waals surface area contributed by atoms with Crippen LogP contribution in [0.4, 0.5) is 13.2 Å². The van der Waals surface area contributed by atoms with Gasteiger partial charge in [-0.25, -0.2) is 0 Å². The minimum absolute atomic E-state index is 0.00119. The Balaban J connectivity index is 2.75. The fourth-order valence-corrected chi connectivity index (χ4v) is 1.48. The van der Waals surface area contributed by atoms with E-state index in [9.17, 15) is 13.2 Å². The van der Waals surface area contributed by atoms with Crippen LogP contribution in [0, 0.1) is 12.3 Å². The van der Waals surface area contributed by atoms with Gasteiger partial charge < -0.3 is 5.32 Å². The van der Waals surface area contributed by atoms with Gasteiger partial charge in [-0.2, -0.15) is 13.2 Å². The molecule has 0 fully saturated rings. The van der Waals surface area contributed by atoms with Gasteiger partial charge >= 0.3 is 6.18 Å². The van der Waals surface area contributed by atoms with Crippen LogP contribution in [-0.2, 0) is 12.7 Å². The zero-order valence-corrected chi connectivity index (χ0v) is 9.51. The van der Waals surface area contributed by atoms with Gasteiger partial charge in [0.1, 0.15) is 0 Å². The van der Waals surface area contributed by atoms with Crippen LogP contribution in [0.15, 0.2) is 24.3 Å². The molecule has 0 radical (unpaired) electrons. The van der Waals surface area contributed by atoms with Gasteiger partial charge in [-0.05, 0) is 18.6 Å². The van der Waals surface area contributed by atoms with E-state index in [0.29, 0.717) is 6.42 Å². The van der Waals surface area contributed by atoms with Crippen molar-refractivity contribution in [1.82, 2.24) is 5.32 Å². The van der Waals surface area contributed by atoms with Gasteiger partial charge in [0, 0.05) is 19.0 Å². The van der Waals surface area contributed by atoms with Crippen LogP contribution in [0.25, 0.3) is 0 Å². The molecular formula is C13H14F3N. The summed E-state index contributed by atoms with van der Waals surface area (Å²) in [5, 5.41) is 2.97. The zero-order chi connectivity index (χ0) is 12.9. The molecule has 0 saturated carbocycles. The first kappa shape index (κ1) is 13.6. The van der Waals surface area contributed by atoms with Crippen molar-refractivity contribution in [1.29, 1.82) is 0 Å². The molecule has 0 aliphatic carbocycles. The van der Waals surface area contributed by atoms with Crippen molar-refractivity contribution in [3.05, 3.63) is 35.4 Å². The Labute approximate surface area is 99.0 Å². The molecule has 1 nitrogen and oxygen atoms in total. The molecule has 0 aromatic heterocycles. The maximum atomic E-state index is 12.7. The minimum Gasteiger partial charge on any atom is -0.309 e. The van der Waals surface area contributed by atoms with Crippen molar-refractivity contribution in [2.45, 2.75) is 32.1 Å². The van der Waals surface area contributed by atoms with Crippen LogP contribution in [0.1, 0.15) is 24.5 Å². The molecule has 0 heterocycles. The first-order valence-corrected chi connectivity index (χ1v) is 5.27. The molecule has 0 amide bonds. The molecule has 92 valence electrons. The normalized spacial score (nSPS) is 13.1. The van der Waals surface area contributed by atoms with Crippen molar-refractivity contribution in [3.63, 3.8) is 0 Å². The molecule has 0 saturated heterocycles. The fourth-order valence-electron chi connectivity index (χ4n) is 1.48. The maximum Gasteiger partial charge on any atom is 0.416 e. The van der Waals surface area contributed by atoms with E-state index < -0.39 is 11.7 Å². The topological polar surface area (TPSA) is 12.0 Å². The lowest BCUT2D eigenvalue weighted by Crippen LogP contribution is -2.26. The summed E-state index contributed by atoms with van der Waals surface area (Å²) in [5.41, 5.74) is -0.357. The lowest BCUT2D eigenvalue weighted by molar-refractivity contribution is -0.138. The number of rotatable bonds is 4. The molecule has 0 bridgehead atoms. The molecule has 0 aliphatic heterocycles. The number of nitrogens with one attached hydrogen (secondary N) is 1. The number of alkyl halides is 3. The molecule has 1 atom stereocenters. The maximum absolute atomic E-state index is 12.7. The number of halogens is 3. The van der Waals surface area contributed by atoms with Gasteiger partial charge in [-0.15, -0.1) is 12.3 Å². The van der Waals surface area contributed by atoms with Crippen LogP contribution in [0.3, 0.4) is 0 Å². The van der Waals surface area contributed by atoms with Crippen molar-refractivity contribution in [2.24, 2.45) is 0 Å². The lowest BCUT2D eigenvalue weighted by atomic mass is 10.1. The smallest absolute Gasteiger partial charge is 0.309 e. The van der Waals surface area contributed by atoms with E-state index in [1.807, 2.05) is 6.92 Å². The average Bonchev–Trinajstić information content (AvgIpc) is 2.26. The highest BCUT2D eigenvalue weighted by atomic mass is 19.4. The Bertz CT molecular complexity index is 404. The summed E-state index contributed by atoms with van der Waals surface area (Å²) in [6.07, 6.45) is 1.31. The average molecular weight is 241 g/mol. The number of terminal acetylenes is 1. The van der Waals surface area contributed by atoms with Gasteiger partial charge in [0.2, 0.25) is 0 Å². The first-order valence-electron chi connectivity index (χ1n) is 5.27. The Morgan fingerprint density at radius 3 is 2.59 bits per heavy atom. The molecule has 0 spiro atoms. The molecule has 1 N–H and O–H groups in total. The van der Waals surface area contributed by atoms with Crippen molar-refractivity contribution in [3.8, 4) is 12.3 Å². The Morgan fingerprint density at radius 1 is 1.35 bits per heavy atom. The summed E-state index contributed by atoms with van der Waals surface area (Å²) < 4.78 is 38.0. The molecule has 17 heavy (non-hydrogen) atoms. The fraction of sp³-hybridized carbons (Fsp3) is 0.385. The number of hydrogen-bond donors (Lipinski definition) is 1. The second kappa shape index (κ2) is 5.74. The van der Waals surface area contributed by atoms with Crippen molar-refractivity contribution >= 4 is 0 Å². The van der Waals surface area contributed by atoms with E-state index in [1.54, 1.807) is 6.07 Å². The standard InChI is InChI=1S/C13H14F3N/c1-3-6-10(2)17-9-11-7-4-5-8-12(11)13(14,15)16/h1,4-5,7-8,10,17H,6,9H2,2H3. The van der Waals surface area contributed by atoms with Gasteiger partial charge in [0.05, 0.1) is 5.56 Å². The van der Waals surface area contributed by atoms with Crippen LogP contribution in [0.5, 0.6) is 0 Å². The van der Waals surface area contributed by atoms with Crippen LogP contribution in [0.2, 0.25) is 0 Å². The third-order valence-corrected chi connectivity index (χ3v) is 2.39. The predicted molar refractivity (Wildman–Crippen MR) is 61.2 cm³/mol. The Morgan fingerprint density at radius 2 is 2.00 bits per heavy atom. The predicted octanol–water partition coefficient (Wildman–Crippen LogP) is 3.21. The Hall–Kier alpha value is -1.47. The molecule has 1 aromatic rings. The highest BCUT2D eigenvalue weighted by molar-refractivity contribution is 5.29. The highest BCUT2D eigenvalue weighted by Crippen LogP contribution is 2.31. The van der Waals surface area contributed by atoms with E-state index in [2.05, 4.69) is 11.2 Å².